The van der Waals surface area contributed by atoms with Crippen LogP contribution in [0.1, 0.15) is 367 Å². The van der Waals surface area contributed by atoms with Gasteiger partial charge in [-0.05, 0) is 116 Å². The second-order valence-electron chi connectivity index (χ2n) is 24.1. The van der Waals surface area contributed by atoms with E-state index in [1.54, 1.807) is 0 Å². The number of carbonyl (C=O) groups is 3. The van der Waals surface area contributed by atoms with E-state index in [1.807, 2.05) is 0 Å². The highest BCUT2D eigenvalue weighted by Crippen LogP contribution is 2.18. The van der Waals surface area contributed by atoms with Gasteiger partial charge in [0, 0.05) is 19.3 Å². The summed E-state index contributed by atoms with van der Waals surface area (Å²) < 4.78 is 17.0. The molecule has 0 aliphatic heterocycles. The van der Waals surface area contributed by atoms with E-state index in [-0.39, 0.29) is 31.1 Å². The molecule has 0 fully saturated rings. The SMILES string of the molecule is CC/C=C\C/C=C\C/C=C\C/C=C\CCCCCCCCCCCCCCCCCCCCCCC(=O)OCC(COC(=O)CCCCCCC/C=C\CCCCCCCC)OC(=O)CCCCCCCCC/C=C\C/C=C\CCCCC. The number of hydrogen-bond donors (Lipinski definition) is 0. The molecule has 0 N–H and O–H groups in total. The number of carbonyl (C=O) groups excluding carboxylic acids is 3. The Balaban J connectivity index is 4.18. The van der Waals surface area contributed by atoms with Crippen LogP contribution in [0.5, 0.6) is 0 Å². The Kier molecular flexibility index (Phi) is 68.2. The molecule has 1 atom stereocenters. The number of allylic oxidation sites excluding steroid dienone is 14. The number of ether oxygens (including phenoxy) is 3. The van der Waals surface area contributed by atoms with E-state index in [9.17, 15) is 14.4 Å². The van der Waals surface area contributed by atoms with Crippen LogP contribution >= 0.6 is 0 Å². The Morgan fingerprint density at radius 3 is 0.771 bits per heavy atom. The highest BCUT2D eigenvalue weighted by Gasteiger charge is 2.19. The minimum absolute atomic E-state index is 0.0779. The van der Waals surface area contributed by atoms with Gasteiger partial charge in [0.2, 0.25) is 0 Å². The van der Waals surface area contributed by atoms with Gasteiger partial charge < -0.3 is 14.2 Å². The monoisotopic (exact) mass is 1160 g/mol. The summed E-state index contributed by atoms with van der Waals surface area (Å²) in [4.78, 5) is 38.4. The van der Waals surface area contributed by atoms with Crippen molar-refractivity contribution < 1.29 is 28.6 Å². The van der Waals surface area contributed by atoms with Crippen LogP contribution in [0.15, 0.2) is 85.1 Å². The molecule has 0 aromatic carbocycles. The predicted octanol–water partition coefficient (Wildman–Crippen LogP) is 25.0. The van der Waals surface area contributed by atoms with Gasteiger partial charge in [-0.1, -0.05) is 318 Å². The molecular formula is C77H136O6. The second kappa shape index (κ2) is 71.1. The van der Waals surface area contributed by atoms with Crippen LogP contribution < -0.4 is 0 Å². The lowest BCUT2D eigenvalue weighted by Crippen LogP contribution is -2.30. The smallest absolute Gasteiger partial charge is 0.306 e. The van der Waals surface area contributed by atoms with E-state index in [1.165, 1.54) is 225 Å². The van der Waals surface area contributed by atoms with Gasteiger partial charge in [0.15, 0.2) is 6.10 Å². The lowest BCUT2D eigenvalue weighted by atomic mass is 10.0. The largest absolute Gasteiger partial charge is 0.462 e. The first-order valence-electron chi connectivity index (χ1n) is 36.1. The summed E-state index contributed by atoms with van der Waals surface area (Å²) in [5, 5.41) is 0. The fourth-order valence-electron chi connectivity index (χ4n) is 10.5. The predicted molar refractivity (Wildman–Crippen MR) is 362 cm³/mol. The van der Waals surface area contributed by atoms with E-state index in [2.05, 4.69) is 106 Å². The van der Waals surface area contributed by atoms with Crippen molar-refractivity contribution in [2.75, 3.05) is 13.2 Å². The maximum atomic E-state index is 12.9. The van der Waals surface area contributed by atoms with Gasteiger partial charge in [-0.25, -0.2) is 0 Å². The fourth-order valence-corrected chi connectivity index (χ4v) is 10.5. The summed E-state index contributed by atoms with van der Waals surface area (Å²) in [5.41, 5.74) is 0. The van der Waals surface area contributed by atoms with Gasteiger partial charge >= 0.3 is 17.9 Å². The first-order chi connectivity index (χ1) is 41.0. The zero-order chi connectivity index (χ0) is 59.9. The van der Waals surface area contributed by atoms with Gasteiger partial charge in [0.05, 0.1) is 0 Å². The third kappa shape index (κ3) is 69.3. The topological polar surface area (TPSA) is 78.9 Å². The molecule has 0 rings (SSSR count). The molecule has 0 spiro atoms. The summed E-state index contributed by atoms with van der Waals surface area (Å²) >= 11 is 0. The number of unbranched alkanes of at least 4 members (excludes halogenated alkanes) is 41. The molecule has 83 heavy (non-hydrogen) atoms. The Bertz CT molecular complexity index is 1570. The number of hydrogen-bond acceptors (Lipinski definition) is 6. The van der Waals surface area contributed by atoms with Crippen LogP contribution in [-0.4, -0.2) is 37.2 Å². The van der Waals surface area contributed by atoms with Gasteiger partial charge in [-0.2, -0.15) is 0 Å². The zero-order valence-electron chi connectivity index (χ0n) is 55.2. The van der Waals surface area contributed by atoms with Crippen LogP contribution in [0.4, 0.5) is 0 Å². The highest BCUT2D eigenvalue weighted by molar-refractivity contribution is 5.71. The molecule has 0 aliphatic carbocycles. The molecule has 6 heteroatoms. The normalized spacial score (nSPS) is 12.6. The van der Waals surface area contributed by atoms with Crippen molar-refractivity contribution in [2.24, 2.45) is 0 Å². The van der Waals surface area contributed by atoms with Crippen LogP contribution in [0.2, 0.25) is 0 Å². The molecule has 0 heterocycles. The zero-order valence-corrected chi connectivity index (χ0v) is 55.2. The van der Waals surface area contributed by atoms with Crippen molar-refractivity contribution >= 4 is 17.9 Å². The third-order valence-corrected chi connectivity index (χ3v) is 15.9. The molecule has 0 aromatic heterocycles. The van der Waals surface area contributed by atoms with Gasteiger partial charge in [-0.3, -0.25) is 14.4 Å². The van der Waals surface area contributed by atoms with E-state index >= 15 is 0 Å². The molecule has 1 unspecified atom stereocenters. The third-order valence-electron chi connectivity index (χ3n) is 15.9. The lowest BCUT2D eigenvalue weighted by molar-refractivity contribution is -0.167. The summed E-state index contributed by atoms with van der Waals surface area (Å²) in [7, 11) is 0. The Morgan fingerprint density at radius 1 is 0.253 bits per heavy atom. The summed E-state index contributed by atoms with van der Waals surface area (Å²) in [6.45, 7) is 6.53. The molecule has 0 saturated heterocycles. The maximum Gasteiger partial charge on any atom is 0.306 e. The summed E-state index contributed by atoms with van der Waals surface area (Å²) in [5.74, 6) is -0.874. The van der Waals surface area contributed by atoms with Crippen LogP contribution in [0, 0.1) is 0 Å². The van der Waals surface area contributed by atoms with E-state index in [0.29, 0.717) is 19.3 Å². The van der Waals surface area contributed by atoms with Crippen molar-refractivity contribution in [2.45, 2.75) is 374 Å². The van der Waals surface area contributed by atoms with Crippen LogP contribution in [-0.2, 0) is 28.6 Å². The van der Waals surface area contributed by atoms with Crippen molar-refractivity contribution in [1.82, 2.24) is 0 Å². The summed E-state index contributed by atoms with van der Waals surface area (Å²) in [6, 6.07) is 0. The lowest BCUT2D eigenvalue weighted by Gasteiger charge is -2.18. The average Bonchev–Trinajstić information content (AvgIpc) is 3.49. The van der Waals surface area contributed by atoms with Crippen molar-refractivity contribution in [3.8, 4) is 0 Å². The number of esters is 3. The first kappa shape index (κ1) is 79.6. The van der Waals surface area contributed by atoms with Crippen LogP contribution in [0.3, 0.4) is 0 Å². The van der Waals surface area contributed by atoms with Gasteiger partial charge in [-0.15, -0.1) is 0 Å². The molecule has 6 nitrogen and oxygen atoms in total. The molecule has 0 amide bonds. The van der Waals surface area contributed by atoms with Crippen molar-refractivity contribution in [3.63, 3.8) is 0 Å². The average molecular weight is 1160 g/mol. The van der Waals surface area contributed by atoms with Crippen molar-refractivity contribution in [1.29, 1.82) is 0 Å². The standard InChI is InChI=1S/C77H136O6/c1-4-7-10-13-16-19-22-25-28-30-31-32-33-34-35-36-37-38-39-40-41-42-43-44-45-47-49-52-55-58-61-64-67-70-76(79)82-73-74(72-81-75(78)69-66-63-60-57-54-51-48-27-24-21-18-15-12-9-6-3)83-77(80)71-68-65-62-59-56-53-50-46-29-26-23-20-17-14-11-8-5-2/h7,10,16-17,19-20,25-29,31-32,48,74H,4-6,8-9,11-15,18,21-24,30,33-47,49-73H2,1-3H3/b10-7-,19-16-,20-17-,28-25-,29-26-,32-31-,48-27-. The van der Waals surface area contributed by atoms with Gasteiger partial charge in [0.1, 0.15) is 13.2 Å². The molecule has 0 aromatic rings. The molecular weight excluding hydrogens is 1020 g/mol. The Hall–Kier alpha value is -3.41. The molecule has 480 valence electrons. The number of rotatable bonds is 66. The molecule has 0 radical (unpaired) electrons. The van der Waals surface area contributed by atoms with Crippen LogP contribution in [0.25, 0.3) is 0 Å². The van der Waals surface area contributed by atoms with Crippen molar-refractivity contribution in [3.05, 3.63) is 85.1 Å². The second-order valence-corrected chi connectivity index (χ2v) is 24.1. The minimum Gasteiger partial charge on any atom is -0.462 e. The van der Waals surface area contributed by atoms with E-state index < -0.39 is 6.10 Å². The van der Waals surface area contributed by atoms with Gasteiger partial charge in [0.25, 0.3) is 0 Å². The quantitative estimate of drug-likeness (QED) is 0.0261. The fraction of sp³-hybridized carbons (Fsp3) is 0.779. The van der Waals surface area contributed by atoms with E-state index in [0.717, 1.165) is 103 Å². The van der Waals surface area contributed by atoms with E-state index in [4.69, 9.17) is 14.2 Å². The molecule has 0 bridgehead atoms. The Morgan fingerprint density at radius 2 is 0.470 bits per heavy atom. The molecule has 0 aliphatic rings. The highest BCUT2D eigenvalue weighted by atomic mass is 16.6. The molecule has 0 saturated carbocycles. The minimum atomic E-state index is -0.783. The summed E-state index contributed by atoms with van der Waals surface area (Å²) in [6.07, 6.45) is 94.8. The maximum absolute atomic E-state index is 12.9. The first-order valence-corrected chi connectivity index (χ1v) is 36.1. The Labute approximate surface area is 515 Å².